The Morgan fingerprint density at radius 2 is 0.638 bits per heavy atom. The molecule has 1 aromatic rings. The lowest BCUT2D eigenvalue weighted by atomic mass is 9.98. The van der Waals surface area contributed by atoms with Crippen molar-refractivity contribution in [3.63, 3.8) is 0 Å². The Hall–Kier alpha value is -0.530. The van der Waals surface area contributed by atoms with Gasteiger partial charge in [0, 0.05) is 5.56 Å². The van der Waals surface area contributed by atoms with Gasteiger partial charge in [0.15, 0.2) is 0 Å². The van der Waals surface area contributed by atoms with Crippen LogP contribution in [0.5, 0.6) is 0 Å². The molecular weight excluding hydrogens is 590 g/mol. The molecule has 0 spiro atoms. The van der Waals surface area contributed by atoms with Crippen molar-refractivity contribution in [2.45, 2.75) is 245 Å². The Morgan fingerprint density at radius 3 is 0.915 bits per heavy atom. The molecule has 0 saturated heterocycles. The Labute approximate surface area is 304 Å². The summed E-state index contributed by atoms with van der Waals surface area (Å²) in [6, 6.07) is 12.1. The fourth-order valence-corrected chi connectivity index (χ4v) is 7.58. The van der Waals surface area contributed by atoms with Gasteiger partial charge < -0.3 is 17.3 Å². The maximum absolute atomic E-state index is 2.47. The molecule has 0 heterocycles. The molecular formula is C45H86ClN. The number of hydrogen-bond acceptors (Lipinski definition) is 0. The molecule has 1 rings (SSSR count). The fraction of sp³-hybridized carbons (Fsp3) is 0.867. The molecule has 0 aliphatic heterocycles. The highest BCUT2D eigenvalue weighted by molar-refractivity contribution is 5.13. The Balaban J connectivity index is 0.0000212. The van der Waals surface area contributed by atoms with E-state index in [4.69, 9.17) is 0 Å². The Morgan fingerprint density at radius 1 is 0.383 bits per heavy atom. The minimum atomic E-state index is 0. The molecule has 0 fully saturated rings. The maximum Gasteiger partial charge on any atom is 0.103 e. The van der Waals surface area contributed by atoms with E-state index in [1.54, 1.807) is 4.90 Å². The number of nitrogens with one attached hydrogen (secondary N) is 1. The van der Waals surface area contributed by atoms with Crippen LogP contribution in [0.3, 0.4) is 0 Å². The maximum atomic E-state index is 2.47. The molecule has 1 nitrogen and oxygen atoms in total. The van der Waals surface area contributed by atoms with Gasteiger partial charge in [0.05, 0.1) is 13.1 Å². The summed E-state index contributed by atoms with van der Waals surface area (Å²) in [6.07, 6.45) is 49.6. The van der Waals surface area contributed by atoms with Gasteiger partial charge in [0.1, 0.15) is 6.54 Å². The third kappa shape index (κ3) is 32.4. The van der Waals surface area contributed by atoms with Crippen LogP contribution in [-0.2, 0) is 6.54 Å². The van der Waals surface area contributed by atoms with E-state index < -0.39 is 0 Å². The minimum absolute atomic E-state index is 0. The van der Waals surface area contributed by atoms with Crippen LogP contribution in [0.15, 0.2) is 30.3 Å². The summed E-state index contributed by atoms with van der Waals surface area (Å²) in [5, 5.41) is 0. The predicted molar refractivity (Wildman–Crippen MR) is 209 cm³/mol. The van der Waals surface area contributed by atoms with Gasteiger partial charge >= 0.3 is 0 Å². The largest absolute Gasteiger partial charge is 1.00 e. The molecule has 0 aromatic heterocycles. The van der Waals surface area contributed by atoms with Gasteiger partial charge in [-0.3, -0.25) is 0 Å². The van der Waals surface area contributed by atoms with E-state index in [1.807, 2.05) is 0 Å². The fourth-order valence-electron chi connectivity index (χ4n) is 7.58. The van der Waals surface area contributed by atoms with Gasteiger partial charge in [-0.25, -0.2) is 0 Å². The first-order chi connectivity index (χ1) is 22.8. The molecule has 0 saturated carbocycles. The van der Waals surface area contributed by atoms with Gasteiger partial charge in [-0.15, -0.1) is 0 Å². The number of halogens is 1. The molecule has 2 heteroatoms. The summed E-state index contributed by atoms with van der Waals surface area (Å²) >= 11 is 0. The highest BCUT2D eigenvalue weighted by Crippen LogP contribution is 2.17. The summed E-state index contributed by atoms with van der Waals surface area (Å²) in [7, 11) is 2.47. The molecule has 0 amide bonds. The van der Waals surface area contributed by atoms with Crippen molar-refractivity contribution < 1.29 is 17.3 Å². The standard InChI is InChI=1S/C45H85N.ClH/c1-4-6-8-10-12-14-16-18-20-22-24-26-28-30-32-37-41-45(46(3)43-44-39-35-34-36-40-44)42-38-33-31-29-27-25-23-21-19-17-15-13-11-9-7-5-2;/h34-36,39-40,45H,4-33,37-38,41-43H2,1-3H3;1H. The van der Waals surface area contributed by atoms with E-state index in [0.717, 1.165) is 6.04 Å². The number of quaternary nitrogens is 1. The third-order valence-electron chi connectivity index (χ3n) is 10.8. The van der Waals surface area contributed by atoms with Crippen molar-refractivity contribution in [1.29, 1.82) is 0 Å². The van der Waals surface area contributed by atoms with Crippen molar-refractivity contribution in [3.8, 4) is 0 Å². The number of rotatable bonds is 37. The highest BCUT2D eigenvalue weighted by atomic mass is 35.5. The van der Waals surface area contributed by atoms with Crippen LogP contribution in [0.1, 0.15) is 238 Å². The molecule has 0 bridgehead atoms. The number of benzene rings is 1. The van der Waals surface area contributed by atoms with E-state index in [9.17, 15) is 0 Å². The third-order valence-corrected chi connectivity index (χ3v) is 10.8. The van der Waals surface area contributed by atoms with Crippen molar-refractivity contribution >= 4 is 0 Å². The molecule has 1 unspecified atom stereocenters. The quantitative estimate of drug-likeness (QED) is 0.0669. The second-order valence-electron chi connectivity index (χ2n) is 15.4. The van der Waals surface area contributed by atoms with Crippen LogP contribution < -0.4 is 17.3 Å². The molecule has 1 N–H and O–H groups in total. The molecule has 1 atom stereocenters. The van der Waals surface area contributed by atoms with E-state index >= 15 is 0 Å². The van der Waals surface area contributed by atoms with Crippen molar-refractivity contribution in [3.05, 3.63) is 35.9 Å². The van der Waals surface area contributed by atoms with Crippen LogP contribution in [-0.4, -0.2) is 13.1 Å². The van der Waals surface area contributed by atoms with E-state index in [0.29, 0.717) is 0 Å². The predicted octanol–water partition coefficient (Wildman–Crippen LogP) is 11.4. The van der Waals surface area contributed by atoms with Crippen molar-refractivity contribution in [1.82, 2.24) is 0 Å². The zero-order chi connectivity index (χ0) is 33.0. The van der Waals surface area contributed by atoms with Crippen molar-refractivity contribution in [2.75, 3.05) is 7.05 Å². The van der Waals surface area contributed by atoms with Crippen LogP contribution in [0, 0.1) is 0 Å². The lowest BCUT2D eigenvalue weighted by Gasteiger charge is -2.25. The first kappa shape index (κ1) is 46.5. The topological polar surface area (TPSA) is 4.44 Å². The van der Waals surface area contributed by atoms with Crippen LogP contribution >= 0.6 is 0 Å². The molecule has 0 aliphatic carbocycles. The average molecular weight is 677 g/mol. The SMILES string of the molecule is CCCCCCCCCCCCCCCCCCC(CCCCCCCCCCCCCCCCCC)[NH+](C)Cc1ccccc1.[Cl-]. The smallest absolute Gasteiger partial charge is 0.103 e. The van der Waals surface area contributed by atoms with Crippen LogP contribution in [0.2, 0.25) is 0 Å². The summed E-state index contributed by atoms with van der Waals surface area (Å²) in [4.78, 5) is 1.74. The zero-order valence-electron chi connectivity index (χ0n) is 32.6. The van der Waals surface area contributed by atoms with Gasteiger partial charge in [-0.2, -0.15) is 0 Å². The lowest BCUT2D eigenvalue weighted by molar-refractivity contribution is -0.920. The zero-order valence-corrected chi connectivity index (χ0v) is 33.3. The van der Waals surface area contributed by atoms with Crippen molar-refractivity contribution in [2.24, 2.45) is 0 Å². The van der Waals surface area contributed by atoms with Gasteiger partial charge in [-0.1, -0.05) is 237 Å². The summed E-state index contributed by atoms with van der Waals surface area (Å²) in [5.74, 6) is 0. The highest BCUT2D eigenvalue weighted by Gasteiger charge is 2.18. The second-order valence-corrected chi connectivity index (χ2v) is 15.4. The van der Waals surface area contributed by atoms with E-state index in [1.165, 1.54) is 230 Å². The summed E-state index contributed by atoms with van der Waals surface area (Å²) < 4.78 is 0. The second kappa shape index (κ2) is 38.3. The molecule has 47 heavy (non-hydrogen) atoms. The Kier molecular flexibility index (Phi) is 37.8. The minimum Gasteiger partial charge on any atom is -1.00 e. The van der Waals surface area contributed by atoms with Gasteiger partial charge in [-0.05, 0) is 25.7 Å². The summed E-state index contributed by atoms with van der Waals surface area (Å²) in [6.45, 7) is 5.81. The van der Waals surface area contributed by atoms with Crippen LogP contribution in [0.25, 0.3) is 0 Å². The van der Waals surface area contributed by atoms with E-state index in [-0.39, 0.29) is 12.4 Å². The monoisotopic (exact) mass is 676 g/mol. The average Bonchev–Trinajstić information content (AvgIpc) is 3.07. The number of hydrogen-bond donors (Lipinski definition) is 1. The van der Waals surface area contributed by atoms with Gasteiger partial charge in [0.2, 0.25) is 0 Å². The normalized spacial score (nSPS) is 12.1. The van der Waals surface area contributed by atoms with E-state index in [2.05, 4.69) is 51.2 Å². The molecule has 278 valence electrons. The number of unbranched alkanes of at least 4 members (excludes halogenated alkanes) is 30. The Bertz CT molecular complexity index is 654. The summed E-state index contributed by atoms with van der Waals surface area (Å²) in [5.41, 5.74) is 1.50. The molecule has 0 aliphatic rings. The lowest BCUT2D eigenvalue weighted by Crippen LogP contribution is -3.11. The first-order valence-corrected chi connectivity index (χ1v) is 21.6. The first-order valence-electron chi connectivity index (χ1n) is 21.6. The van der Waals surface area contributed by atoms with Crippen LogP contribution in [0.4, 0.5) is 0 Å². The van der Waals surface area contributed by atoms with Gasteiger partial charge in [0.25, 0.3) is 0 Å². The molecule has 1 aromatic carbocycles. The molecule has 0 radical (unpaired) electrons.